The number of para-hydroxylation sites is 1. The van der Waals surface area contributed by atoms with Gasteiger partial charge in [-0.05, 0) is 42.5 Å². The van der Waals surface area contributed by atoms with Crippen molar-refractivity contribution in [3.63, 3.8) is 0 Å². The molecular weight excluding hydrogens is 364 g/mol. The molecule has 0 bridgehead atoms. The maximum Gasteiger partial charge on any atom is 0.252 e. The molecule has 0 unspecified atom stereocenters. The molecule has 1 aromatic heterocycles. The van der Waals surface area contributed by atoms with Crippen LogP contribution in [0.2, 0.25) is 0 Å². The van der Waals surface area contributed by atoms with Crippen molar-refractivity contribution in [2.45, 2.75) is 44.2 Å². The van der Waals surface area contributed by atoms with Crippen molar-refractivity contribution in [3.05, 3.63) is 46.3 Å². The van der Waals surface area contributed by atoms with E-state index in [0.717, 1.165) is 24.4 Å². The van der Waals surface area contributed by atoms with Crippen molar-refractivity contribution in [1.29, 1.82) is 0 Å². The summed E-state index contributed by atoms with van der Waals surface area (Å²) in [6, 6.07) is 10.1. The molecule has 1 saturated heterocycles. The van der Waals surface area contributed by atoms with E-state index in [1.54, 1.807) is 10.4 Å². The van der Waals surface area contributed by atoms with Gasteiger partial charge in [0.25, 0.3) is 10.0 Å². The Bertz CT molecular complexity index is 864. The first-order chi connectivity index (χ1) is 12.3. The Morgan fingerprint density at radius 1 is 1.08 bits per heavy atom. The Morgan fingerprint density at radius 3 is 2.35 bits per heavy atom. The van der Waals surface area contributed by atoms with Gasteiger partial charge in [0.05, 0.1) is 0 Å². The molecule has 0 N–H and O–H groups in total. The highest BCUT2D eigenvalue weighted by atomic mass is 32.2. The highest BCUT2D eigenvalue weighted by Crippen LogP contribution is 2.32. The minimum absolute atomic E-state index is 0.449. The molecule has 1 aliphatic heterocycles. The first kappa shape index (κ1) is 19.4. The molecule has 6 heteroatoms. The average molecular weight is 393 g/mol. The number of piperazine rings is 1. The lowest BCUT2D eigenvalue weighted by Crippen LogP contribution is -2.49. The van der Waals surface area contributed by atoms with E-state index in [1.807, 2.05) is 6.07 Å². The summed E-state index contributed by atoms with van der Waals surface area (Å²) in [4.78, 5) is 3.46. The van der Waals surface area contributed by atoms with E-state index < -0.39 is 10.0 Å². The smallest absolute Gasteiger partial charge is 0.252 e. The number of thiophene rings is 1. The third-order valence-corrected chi connectivity index (χ3v) is 8.62. The molecule has 142 valence electrons. The Balaban J connectivity index is 1.78. The molecule has 26 heavy (non-hydrogen) atoms. The van der Waals surface area contributed by atoms with Crippen molar-refractivity contribution in [1.82, 2.24) is 4.31 Å². The minimum Gasteiger partial charge on any atom is -0.368 e. The summed E-state index contributed by atoms with van der Waals surface area (Å²) in [7, 11) is -3.37. The number of rotatable bonds is 5. The summed E-state index contributed by atoms with van der Waals surface area (Å²) in [6.07, 6.45) is 0.874. The first-order valence-corrected chi connectivity index (χ1v) is 11.5. The Labute approximate surface area is 161 Å². The molecule has 1 aliphatic rings. The van der Waals surface area contributed by atoms with Crippen molar-refractivity contribution in [2.24, 2.45) is 0 Å². The molecule has 2 heterocycles. The summed E-state index contributed by atoms with van der Waals surface area (Å²) >= 11 is 1.40. The number of hydrogen-bond acceptors (Lipinski definition) is 4. The molecule has 1 aromatic carbocycles. The van der Waals surface area contributed by atoms with Crippen LogP contribution in [0.4, 0.5) is 5.69 Å². The maximum atomic E-state index is 12.9. The monoisotopic (exact) mass is 392 g/mol. The summed E-state index contributed by atoms with van der Waals surface area (Å²) in [5.74, 6) is 0.449. The van der Waals surface area contributed by atoms with Crippen LogP contribution in [0.5, 0.6) is 0 Å². The van der Waals surface area contributed by atoms with E-state index in [-0.39, 0.29) is 0 Å². The number of hydrogen-bond donors (Lipinski definition) is 0. The van der Waals surface area contributed by atoms with E-state index in [9.17, 15) is 8.42 Å². The third-order valence-electron chi connectivity index (χ3n) is 5.03. The Kier molecular flexibility index (Phi) is 5.75. The van der Waals surface area contributed by atoms with Gasteiger partial charge in [0.15, 0.2) is 0 Å². The second-order valence-corrected chi connectivity index (χ2v) is 10.5. The molecule has 0 saturated carbocycles. The van der Waals surface area contributed by atoms with Gasteiger partial charge in [-0.25, -0.2) is 8.42 Å². The third kappa shape index (κ3) is 3.68. The van der Waals surface area contributed by atoms with Gasteiger partial charge in [0.1, 0.15) is 4.21 Å². The predicted molar refractivity (Wildman–Crippen MR) is 110 cm³/mol. The fourth-order valence-corrected chi connectivity index (χ4v) is 6.42. The second-order valence-electron chi connectivity index (χ2n) is 7.13. The number of nitrogens with zero attached hydrogens (tertiary/aromatic N) is 2. The number of anilines is 1. The number of sulfonamides is 1. The molecule has 0 spiro atoms. The second kappa shape index (κ2) is 7.71. The fraction of sp³-hybridized carbons (Fsp3) is 0.500. The number of aryl methyl sites for hydroxylation is 2. The zero-order valence-corrected chi connectivity index (χ0v) is 17.7. The Hall–Kier alpha value is -1.37. The van der Waals surface area contributed by atoms with Crippen molar-refractivity contribution < 1.29 is 8.42 Å². The molecule has 3 rings (SSSR count). The first-order valence-electron chi connectivity index (χ1n) is 9.28. The van der Waals surface area contributed by atoms with Crippen LogP contribution in [0.15, 0.2) is 34.5 Å². The zero-order chi connectivity index (χ0) is 18.9. The van der Waals surface area contributed by atoms with Crippen molar-refractivity contribution in [2.75, 3.05) is 31.1 Å². The molecule has 2 aromatic rings. The largest absolute Gasteiger partial charge is 0.368 e. The van der Waals surface area contributed by atoms with Gasteiger partial charge < -0.3 is 4.90 Å². The molecular formula is C20H28N2O2S2. The van der Waals surface area contributed by atoms with Gasteiger partial charge in [-0.3, -0.25) is 0 Å². The molecule has 0 atom stereocenters. The van der Waals surface area contributed by atoms with Crippen LogP contribution < -0.4 is 4.90 Å². The summed E-state index contributed by atoms with van der Waals surface area (Å²) in [5.41, 5.74) is 3.88. The highest BCUT2D eigenvalue weighted by molar-refractivity contribution is 7.91. The van der Waals surface area contributed by atoms with Crippen LogP contribution in [-0.2, 0) is 16.4 Å². The lowest BCUT2D eigenvalue weighted by molar-refractivity contribution is 0.385. The van der Waals surface area contributed by atoms with Crippen LogP contribution in [0.25, 0.3) is 0 Å². The summed E-state index contributed by atoms with van der Waals surface area (Å²) < 4.78 is 28.0. The van der Waals surface area contributed by atoms with Gasteiger partial charge in [-0.15, -0.1) is 11.3 Å². The fourth-order valence-electron chi connectivity index (χ4n) is 3.55. The van der Waals surface area contributed by atoms with Gasteiger partial charge >= 0.3 is 0 Å². The van der Waals surface area contributed by atoms with Crippen LogP contribution in [0, 0.1) is 6.92 Å². The van der Waals surface area contributed by atoms with Crippen molar-refractivity contribution >= 4 is 27.0 Å². The van der Waals surface area contributed by atoms with Gasteiger partial charge in [0, 0.05) is 36.7 Å². The molecule has 0 radical (unpaired) electrons. The normalized spacial score (nSPS) is 16.4. The lowest BCUT2D eigenvalue weighted by atomic mass is 9.97. The zero-order valence-electron chi connectivity index (χ0n) is 16.0. The SMILES string of the molecule is CCc1ccc(S(=O)(=O)N2CCN(c3c(C)cccc3C(C)C)CC2)s1. The van der Waals surface area contributed by atoms with Crippen LogP contribution >= 0.6 is 11.3 Å². The van der Waals surface area contributed by atoms with E-state index in [1.165, 1.54) is 28.2 Å². The summed E-state index contributed by atoms with van der Waals surface area (Å²) in [6.45, 7) is 11.1. The van der Waals surface area contributed by atoms with E-state index in [0.29, 0.717) is 23.2 Å². The lowest BCUT2D eigenvalue weighted by Gasteiger charge is -2.37. The molecule has 0 aliphatic carbocycles. The topological polar surface area (TPSA) is 40.6 Å². The molecule has 0 amide bonds. The molecule has 4 nitrogen and oxygen atoms in total. The van der Waals surface area contributed by atoms with Gasteiger partial charge in [-0.2, -0.15) is 4.31 Å². The van der Waals surface area contributed by atoms with E-state index in [4.69, 9.17) is 0 Å². The Morgan fingerprint density at radius 2 is 1.77 bits per heavy atom. The quantitative estimate of drug-likeness (QED) is 0.764. The summed E-state index contributed by atoms with van der Waals surface area (Å²) in [5, 5.41) is 0. The average Bonchev–Trinajstić information content (AvgIpc) is 3.11. The standard InChI is InChI=1S/C20H28N2O2S2/c1-5-17-9-10-19(25-17)26(23,24)22-13-11-21(12-14-22)20-16(4)7-6-8-18(20)15(2)3/h6-10,15H,5,11-14H2,1-4H3. The number of benzene rings is 1. The van der Waals surface area contributed by atoms with E-state index in [2.05, 4.69) is 50.8 Å². The van der Waals surface area contributed by atoms with Crippen LogP contribution in [-0.4, -0.2) is 38.9 Å². The predicted octanol–water partition coefficient (Wildman–Crippen LogP) is 4.25. The minimum atomic E-state index is -3.37. The van der Waals surface area contributed by atoms with Crippen molar-refractivity contribution in [3.8, 4) is 0 Å². The highest BCUT2D eigenvalue weighted by Gasteiger charge is 2.30. The maximum absolute atomic E-state index is 12.9. The van der Waals surface area contributed by atoms with Crippen LogP contribution in [0.1, 0.15) is 42.7 Å². The van der Waals surface area contributed by atoms with Crippen LogP contribution in [0.3, 0.4) is 0 Å². The van der Waals surface area contributed by atoms with E-state index >= 15 is 0 Å². The van der Waals surface area contributed by atoms with Gasteiger partial charge in [0.2, 0.25) is 0 Å². The molecule has 1 fully saturated rings. The van der Waals surface area contributed by atoms with Gasteiger partial charge in [-0.1, -0.05) is 39.0 Å².